The van der Waals surface area contributed by atoms with E-state index in [1.807, 2.05) is 0 Å². The first kappa shape index (κ1) is 21.0. The van der Waals surface area contributed by atoms with Gasteiger partial charge in [-0.3, -0.25) is 14.4 Å². The minimum absolute atomic E-state index is 0.0846. The first-order valence-electron chi connectivity index (χ1n) is 9.27. The zero-order chi connectivity index (χ0) is 22.2. The van der Waals surface area contributed by atoms with Gasteiger partial charge in [-0.05, 0) is 37.6 Å². The van der Waals surface area contributed by atoms with Gasteiger partial charge in [0, 0.05) is 12.1 Å². The fourth-order valence-corrected chi connectivity index (χ4v) is 4.14. The molecule has 9 heteroatoms. The molecule has 8 nitrogen and oxygen atoms in total. The van der Waals surface area contributed by atoms with Gasteiger partial charge < -0.3 is 21.1 Å². The molecule has 0 aromatic heterocycles. The number of hydrogen-bond acceptors (Lipinski definition) is 6. The number of carbonyl (C=O) groups excluding carboxylic acids is 3. The Kier molecular flexibility index (Phi) is 5.35. The van der Waals surface area contributed by atoms with Crippen LogP contribution in [-0.4, -0.2) is 40.9 Å². The maximum Gasteiger partial charge on any atom is 0.329 e. The van der Waals surface area contributed by atoms with Gasteiger partial charge in [-0.1, -0.05) is 18.2 Å². The quantitative estimate of drug-likeness (QED) is 0.687. The van der Waals surface area contributed by atoms with Crippen molar-refractivity contribution >= 4 is 17.8 Å². The third-order valence-corrected chi connectivity index (χ3v) is 5.33. The van der Waals surface area contributed by atoms with Crippen LogP contribution in [0, 0.1) is 22.6 Å². The van der Waals surface area contributed by atoms with E-state index in [9.17, 15) is 24.0 Å². The first-order chi connectivity index (χ1) is 14.1. The zero-order valence-corrected chi connectivity index (χ0v) is 16.4. The molecule has 4 N–H and O–H groups in total. The molecule has 0 aliphatic carbocycles. The van der Waals surface area contributed by atoms with Crippen LogP contribution in [0.3, 0.4) is 0 Å². The highest BCUT2D eigenvalue weighted by Gasteiger charge is 2.66. The van der Waals surface area contributed by atoms with Gasteiger partial charge in [0.2, 0.25) is 11.8 Å². The van der Waals surface area contributed by atoms with Gasteiger partial charge in [0.25, 0.3) is 0 Å². The summed E-state index contributed by atoms with van der Waals surface area (Å²) in [6.45, 7) is 3.27. The Morgan fingerprint density at radius 2 is 1.87 bits per heavy atom. The maximum absolute atomic E-state index is 13.5. The number of amides is 2. The van der Waals surface area contributed by atoms with Crippen molar-refractivity contribution in [2.75, 3.05) is 0 Å². The van der Waals surface area contributed by atoms with Crippen LogP contribution in [0.2, 0.25) is 0 Å². The molecular formula is C21H21FN4O4. The van der Waals surface area contributed by atoms with Gasteiger partial charge in [0.05, 0.1) is 23.8 Å². The van der Waals surface area contributed by atoms with Crippen molar-refractivity contribution in [1.29, 1.82) is 5.26 Å². The molecule has 1 fully saturated rings. The van der Waals surface area contributed by atoms with Gasteiger partial charge in [-0.25, -0.2) is 4.39 Å². The van der Waals surface area contributed by atoms with E-state index in [0.717, 1.165) is 0 Å². The number of nitrogens with zero attached hydrogens (tertiary/aromatic N) is 2. The van der Waals surface area contributed by atoms with Crippen LogP contribution in [0.1, 0.15) is 25.3 Å². The zero-order valence-electron chi connectivity index (χ0n) is 16.4. The molecule has 2 aliphatic rings. The lowest BCUT2D eigenvalue weighted by Crippen LogP contribution is -2.46. The highest BCUT2D eigenvalue weighted by Crippen LogP contribution is 2.53. The molecule has 2 aliphatic heterocycles. The lowest BCUT2D eigenvalue weighted by Gasteiger charge is -2.33. The van der Waals surface area contributed by atoms with Gasteiger partial charge in [0.1, 0.15) is 11.9 Å². The van der Waals surface area contributed by atoms with Crippen LogP contribution in [0.15, 0.2) is 48.2 Å². The molecule has 3 rings (SSSR count). The van der Waals surface area contributed by atoms with E-state index in [2.05, 4.69) is 6.07 Å². The smallest absolute Gasteiger partial charge is 0.329 e. The number of nitrogens with two attached hydrogens (primary N) is 2. The number of nitriles is 1. The van der Waals surface area contributed by atoms with E-state index >= 15 is 0 Å². The average Bonchev–Trinajstić information content (AvgIpc) is 2.98. The Balaban J connectivity index is 2.28. The topological polar surface area (TPSA) is 140 Å². The number of primary amides is 2. The Morgan fingerprint density at radius 1 is 1.23 bits per heavy atom. The van der Waals surface area contributed by atoms with E-state index in [-0.39, 0.29) is 5.57 Å². The summed E-state index contributed by atoms with van der Waals surface area (Å²) in [7, 11) is 0. The van der Waals surface area contributed by atoms with E-state index in [0.29, 0.717) is 5.56 Å². The summed E-state index contributed by atoms with van der Waals surface area (Å²) in [5.41, 5.74) is 9.60. The van der Waals surface area contributed by atoms with Gasteiger partial charge in [-0.2, -0.15) is 5.26 Å². The minimum Gasteiger partial charge on any atom is -0.462 e. The van der Waals surface area contributed by atoms with Crippen molar-refractivity contribution < 1.29 is 23.5 Å². The minimum atomic E-state index is -1.88. The monoisotopic (exact) mass is 412 g/mol. The largest absolute Gasteiger partial charge is 0.462 e. The number of fused-ring (bicyclic) bond motifs is 1. The van der Waals surface area contributed by atoms with Crippen LogP contribution < -0.4 is 11.5 Å². The molecule has 30 heavy (non-hydrogen) atoms. The Labute approximate surface area is 172 Å². The van der Waals surface area contributed by atoms with Gasteiger partial charge in [-0.15, -0.1) is 0 Å². The maximum atomic E-state index is 13.5. The number of halogens is 1. The number of esters is 1. The molecule has 156 valence electrons. The lowest BCUT2D eigenvalue weighted by molar-refractivity contribution is -0.157. The number of ether oxygens (including phenoxy) is 1. The summed E-state index contributed by atoms with van der Waals surface area (Å²) >= 11 is 0. The van der Waals surface area contributed by atoms with Crippen molar-refractivity contribution in [2.45, 2.75) is 38.0 Å². The standard InChI is InChI=1S/C21H21FN4O4/c1-11(2)30-20(29)21(10-23)15-8-5-13(18(24)27)9-26(15)17(19(25)28)16(21)12-3-6-14(22)7-4-12/h3-9,11,15-17H,1-2H3,(H2,24,27)(H2,25,28). The summed E-state index contributed by atoms with van der Waals surface area (Å²) in [6.07, 6.45) is 3.65. The van der Waals surface area contributed by atoms with Crippen LogP contribution in [0.4, 0.5) is 4.39 Å². The second-order valence-electron chi connectivity index (χ2n) is 7.51. The highest BCUT2D eigenvalue weighted by atomic mass is 19.1. The second-order valence-corrected chi connectivity index (χ2v) is 7.51. The van der Waals surface area contributed by atoms with Crippen molar-refractivity contribution in [2.24, 2.45) is 16.9 Å². The van der Waals surface area contributed by atoms with Gasteiger partial charge in [0.15, 0.2) is 5.41 Å². The molecule has 4 unspecified atom stereocenters. The molecule has 2 heterocycles. The number of hydrogen-bond donors (Lipinski definition) is 2. The van der Waals surface area contributed by atoms with E-state index in [1.165, 1.54) is 47.5 Å². The van der Waals surface area contributed by atoms with Crippen molar-refractivity contribution in [1.82, 2.24) is 4.90 Å². The molecule has 0 bridgehead atoms. The summed E-state index contributed by atoms with van der Waals surface area (Å²) in [6, 6.07) is 5.05. The molecule has 0 radical (unpaired) electrons. The van der Waals surface area contributed by atoms with E-state index < -0.39 is 53.1 Å². The SMILES string of the molecule is CC(C)OC(=O)C1(C#N)C(c2ccc(F)cc2)C(C(N)=O)N2C=C(C(N)=O)C=CC21. The van der Waals surface area contributed by atoms with E-state index in [1.54, 1.807) is 13.8 Å². The molecule has 1 aromatic rings. The molecular weight excluding hydrogens is 391 g/mol. The number of rotatable bonds is 5. The molecule has 1 aromatic carbocycles. The third-order valence-electron chi connectivity index (χ3n) is 5.33. The van der Waals surface area contributed by atoms with Crippen LogP contribution in [-0.2, 0) is 19.1 Å². The fourth-order valence-electron chi connectivity index (χ4n) is 4.14. The van der Waals surface area contributed by atoms with Crippen molar-refractivity contribution in [3.05, 3.63) is 59.6 Å². The third kappa shape index (κ3) is 3.20. The molecule has 4 atom stereocenters. The molecule has 0 saturated carbocycles. The normalized spacial score (nSPS) is 27.2. The van der Waals surface area contributed by atoms with Crippen molar-refractivity contribution in [3.63, 3.8) is 0 Å². The Morgan fingerprint density at radius 3 is 2.37 bits per heavy atom. The van der Waals surface area contributed by atoms with E-state index in [4.69, 9.17) is 16.2 Å². The van der Waals surface area contributed by atoms with Crippen LogP contribution >= 0.6 is 0 Å². The summed E-state index contributed by atoms with van der Waals surface area (Å²) in [4.78, 5) is 38.8. The second kappa shape index (κ2) is 7.63. The van der Waals surface area contributed by atoms with Crippen molar-refractivity contribution in [3.8, 4) is 6.07 Å². The number of carbonyl (C=O) groups is 3. The predicted molar refractivity (Wildman–Crippen MR) is 103 cm³/mol. The highest BCUT2D eigenvalue weighted by molar-refractivity contribution is 5.96. The summed E-state index contributed by atoms with van der Waals surface area (Å²) in [5, 5.41) is 10.2. The molecule has 2 amide bonds. The number of benzene rings is 1. The van der Waals surface area contributed by atoms with Crippen LogP contribution in [0.25, 0.3) is 0 Å². The summed E-state index contributed by atoms with van der Waals surface area (Å²) < 4.78 is 18.9. The Bertz CT molecular complexity index is 995. The van der Waals surface area contributed by atoms with Gasteiger partial charge >= 0.3 is 5.97 Å². The molecule has 0 spiro atoms. The molecule has 1 saturated heterocycles. The Hall–Kier alpha value is -3.67. The lowest BCUT2D eigenvalue weighted by atomic mass is 9.68. The fraction of sp³-hybridized carbons (Fsp3) is 0.333. The van der Waals surface area contributed by atoms with Crippen LogP contribution in [0.5, 0.6) is 0 Å². The first-order valence-corrected chi connectivity index (χ1v) is 9.27. The average molecular weight is 412 g/mol. The summed E-state index contributed by atoms with van der Waals surface area (Å²) in [5.74, 6) is -4.00. The predicted octanol–water partition coefficient (Wildman–Crippen LogP) is 0.848.